The van der Waals surface area contributed by atoms with Crippen molar-refractivity contribution in [1.82, 2.24) is 15.4 Å². The Morgan fingerprint density at radius 2 is 2.16 bits per heavy atom. The molecule has 0 spiro atoms. The predicted molar refractivity (Wildman–Crippen MR) is 94.3 cm³/mol. The molecule has 0 saturated carbocycles. The lowest BCUT2D eigenvalue weighted by Gasteiger charge is -2.23. The van der Waals surface area contributed by atoms with Crippen LogP contribution in [0.15, 0.2) is 34.9 Å². The van der Waals surface area contributed by atoms with Crippen LogP contribution < -0.4 is 5.32 Å². The van der Waals surface area contributed by atoms with E-state index in [0.717, 1.165) is 12.0 Å². The number of amides is 2. The minimum Gasteiger partial charge on any atom is -0.355 e. The Morgan fingerprint density at radius 1 is 1.36 bits per heavy atom. The molecule has 1 fully saturated rings. The van der Waals surface area contributed by atoms with Gasteiger partial charge in [0.25, 0.3) is 5.91 Å². The zero-order chi connectivity index (χ0) is 18.0. The number of rotatable bonds is 4. The van der Waals surface area contributed by atoms with E-state index < -0.39 is 6.04 Å². The standard InChI is InChI=1S/C18H20ClN3O3/c1-11(2)20-17(23)15-7-4-8-22(15)18(24)14-10-16(25-21-14)12-5-3-6-13(19)9-12/h3,5-6,9-11,15H,4,7-8H2,1-2H3,(H,20,23). The normalized spacial score (nSPS) is 17.1. The molecule has 2 aromatic rings. The summed E-state index contributed by atoms with van der Waals surface area (Å²) < 4.78 is 5.29. The molecule has 0 aliphatic carbocycles. The molecule has 2 amide bonds. The maximum absolute atomic E-state index is 12.8. The number of nitrogens with one attached hydrogen (secondary N) is 1. The summed E-state index contributed by atoms with van der Waals surface area (Å²) in [6, 6.07) is 8.29. The predicted octanol–water partition coefficient (Wildman–Crippen LogP) is 3.12. The Morgan fingerprint density at radius 3 is 2.88 bits per heavy atom. The van der Waals surface area contributed by atoms with Gasteiger partial charge in [-0.05, 0) is 38.8 Å². The number of nitrogens with zero attached hydrogens (tertiary/aromatic N) is 2. The van der Waals surface area contributed by atoms with Crippen molar-refractivity contribution in [2.24, 2.45) is 0 Å². The lowest BCUT2D eigenvalue weighted by atomic mass is 10.1. The number of halogens is 1. The lowest BCUT2D eigenvalue weighted by Crippen LogP contribution is -2.47. The van der Waals surface area contributed by atoms with Gasteiger partial charge in [-0.1, -0.05) is 28.9 Å². The first-order valence-electron chi connectivity index (χ1n) is 8.29. The number of aromatic nitrogens is 1. The van der Waals surface area contributed by atoms with E-state index in [9.17, 15) is 9.59 Å². The van der Waals surface area contributed by atoms with Crippen molar-refractivity contribution in [1.29, 1.82) is 0 Å². The fourth-order valence-electron chi connectivity index (χ4n) is 2.96. The van der Waals surface area contributed by atoms with E-state index in [1.807, 2.05) is 19.9 Å². The number of benzene rings is 1. The van der Waals surface area contributed by atoms with Gasteiger partial charge in [-0.25, -0.2) is 0 Å². The first-order chi connectivity index (χ1) is 12.0. The van der Waals surface area contributed by atoms with Gasteiger partial charge in [0.2, 0.25) is 5.91 Å². The first-order valence-corrected chi connectivity index (χ1v) is 8.67. The third kappa shape index (κ3) is 3.85. The van der Waals surface area contributed by atoms with E-state index in [1.165, 1.54) is 0 Å². The van der Waals surface area contributed by atoms with Gasteiger partial charge in [0, 0.05) is 29.2 Å². The maximum Gasteiger partial charge on any atom is 0.276 e. The van der Waals surface area contributed by atoms with E-state index in [1.54, 1.807) is 29.2 Å². The van der Waals surface area contributed by atoms with Crippen molar-refractivity contribution in [3.05, 3.63) is 41.0 Å². The molecule has 6 nitrogen and oxygen atoms in total. The highest BCUT2D eigenvalue weighted by Crippen LogP contribution is 2.25. The number of likely N-dealkylation sites (tertiary alicyclic amines) is 1. The average molecular weight is 362 g/mol. The molecule has 1 N–H and O–H groups in total. The SMILES string of the molecule is CC(C)NC(=O)C1CCCN1C(=O)c1cc(-c2cccc(Cl)c2)on1. The molecule has 7 heteroatoms. The quantitative estimate of drug-likeness (QED) is 0.907. The monoisotopic (exact) mass is 361 g/mol. The van der Waals surface area contributed by atoms with Crippen molar-refractivity contribution in [3.8, 4) is 11.3 Å². The molecule has 0 bridgehead atoms. The van der Waals surface area contributed by atoms with Crippen LogP contribution in [0.5, 0.6) is 0 Å². The highest BCUT2D eigenvalue weighted by molar-refractivity contribution is 6.30. The lowest BCUT2D eigenvalue weighted by molar-refractivity contribution is -0.125. The van der Waals surface area contributed by atoms with Crippen LogP contribution in [0.25, 0.3) is 11.3 Å². The summed E-state index contributed by atoms with van der Waals surface area (Å²) in [6.07, 6.45) is 1.45. The van der Waals surface area contributed by atoms with Crippen LogP contribution in [0, 0.1) is 0 Å². The molecular formula is C18H20ClN3O3. The highest BCUT2D eigenvalue weighted by Gasteiger charge is 2.35. The molecule has 1 atom stereocenters. The van der Waals surface area contributed by atoms with E-state index in [2.05, 4.69) is 10.5 Å². The van der Waals surface area contributed by atoms with Crippen LogP contribution in [0.4, 0.5) is 0 Å². The van der Waals surface area contributed by atoms with Gasteiger partial charge >= 0.3 is 0 Å². The van der Waals surface area contributed by atoms with Gasteiger partial charge < -0.3 is 14.7 Å². The van der Waals surface area contributed by atoms with E-state index in [0.29, 0.717) is 23.7 Å². The third-order valence-electron chi connectivity index (χ3n) is 4.09. The van der Waals surface area contributed by atoms with Crippen LogP contribution in [0.3, 0.4) is 0 Å². The molecule has 132 valence electrons. The third-order valence-corrected chi connectivity index (χ3v) is 4.32. The largest absolute Gasteiger partial charge is 0.355 e. The Bertz CT molecular complexity index is 787. The van der Waals surface area contributed by atoms with Crippen LogP contribution in [0.2, 0.25) is 5.02 Å². The van der Waals surface area contributed by atoms with Gasteiger partial charge in [-0.3, -0.25) is 9.59 Å². The number of carbonyl (C=O) groups excluding carboxylic acids is 2. The molecule has 0 radical (unpaired) electrons. The molecule has 3 rings (SSSR count). The van der Waals surface area contributed by atoms with E-state index in [4.69, 9.17) is 16.1 Å². The second-order valence-electron chi connectivity index (χ2n) is 6.41. The Kier molecular flexibility index (Phi) is 5.08. The molecule has 1 aromatic carbocycles. The molecular weight excluding hydrogens is 342 g/mol. The Hall–Kier alpha value is -2.34. The molecule has 1 aliphatic rings. The minimum atomic E-state index is -0.457. The summed E-state index contributed by atoms with van der Waals surface area (Å²) in [5.74, 6) is 0.0473. The average Bonchev–Trinajstić information content (AvgIpc) is 3.23. The first kappa shape index (κ1) is 17.5. The van der Waals surface area contributed by atoms with Crippen LogP contribution in [0.1, 0.15) is 37.2 Å². The fourth-order valence-corrected chi connectivity index (χ4v) is 3.15. The summed E-state index contributed by atoms with van der Waals surface area (Å²) in [4.78, 5) is 26.6. The Labute approximate surface area is 151 Å². The number of hydrogen-bond donors (Lipinski definition) is 1. The smallest absolute Gasteiger partial charge is 0.276 e. The summed E-state index contributed by atoms with van der Waals surface area (Å²) in [7, 11) is 0. The summed E-state index contributed by atoms with van der Waals surface area (Å²) in [6.45, 7) is 4.33. The molecule has 1 unspecified atom stereocenters. The molecule has 1 aromatic heterocycles. The zero-order valence-corrected chi connectivity index (χ0v) is 14.9. The van der Waals surface area contributed by atoms with Crippen LogP contribution in [-0.4, -0.2) is 40.5 Å². The molecule has 25 heavy (non-hydrogen) atoms. The highest BCUT2D eigenvalue weighted by atomic mass is 35.5. The van der Waals surface area contributed by atoms with Gasteiger partial charge in [0.05, 0.1) is 0 Å². The molecule has 1 saturated heterocycles. The van der Waals surface area contributed by atoms with Crippen molar-refractivity contribution in [3.63, 3.8) is 0 Å². The second kappa shape index (κ2) is 7.27. The molecule has 2 heterocycles. The topological polar surface area (TPSA) is 75.4 Å². The van der Waals surface area contributed by atoms with E-state index in [-0.39, 0.29) is 23.6 Å². The van der Waals surface area contributed by atoms with Gasteiger partial charge in [-0.15, -0.1) is 0 Å². The van der Waals surface area contributed by atoms with Gasteiger partial charge in [-0.2, -0.15) is 0 Å². The van der Waals surface area contributed by atoms with Crippen molar-refractivity contribution < 1.29 is 14.1 Å². The van der Waals surface area contributed by atoms with Gasteiger partial charge in [0.1, 0.15) is 6.04 Å². The summed E-state index contributed by atoms with van der Waals surface area (Å²) in [5.41, 5.74) is 0.939. The summed E-state index contributed by atoms with van der Waals surface area (Å²) >= 11 is 5.98. The van der Waals surface area contributed by atoms with Crippen molar-refractivity contribution in [2.45, 2.75) is 38.8 Å². The summed E-state index contributed by atoms with van der Waals surface area (Å²) in [5, 5.41) is 7.32. The fraction of sp³-hybridized carbons (Fsp3) is 0.389. The number of hydrogen-bond acceptors (Lipinski definition) is 4. The van der Waals surface area contributed by atoms with Gasteiger partial charge in [0.15, 0.2) is 11.5 Å². The Balaban J connectivity index is 1.78. The zero-order valence-electron chi connectivity index (χ0n) is 14.2. The van der Waals surface area contributed by atoms with Crippen molar-refractivity contribution >= 4 is 23.4 Å². The van der Waals surface area contributed by atoms with E-state index >= 15 is 0 Å². The maximum atomic E-state index is 12.8. The van der Waals surface area contributed by atoms with Crippen LogP contribution in [-0.2, 0) is 4.79 Å². The van der Waals surface area contributed by atoms with Crippen molar-refractivity contribution in [2.75, 3.05) is 6.54 Å². The second-order valence-corrected chi connectivity index (χ2v) is 6.84. The minimum absolute atomic E-state index is 0.0338. The van der Waals surface area contributed by atoms with Crippen LogP contribution >= 0.6 is 11.6 Å². The molecule has 1 aliphatic heterocycles. The number of carbonyl (C=O) groups is 2.